The molecule has 0 aliphatic rings. The Kier molecular flexibility index (Phi) is 3.56. The van der Waals surface area contributed by atoms with Crippen molar-refractivity contribution >= 4 is 27.3 Å². The van der Waals surface area contributed by atoms with Crippen LogP contribution in [0.1, 0.15) is 12.2 Å². The van der Waals surface area contributed by atoms with Crippen molar-refractivity contribution in [3.05, 3.63) is 27.9 Å². The Balaban J connectivity index is 2.13. The van der Waals surface area contributed by atoms with Crippen molar-refractivity contribution in [1.82, 2.24) is 9.97 Å². The number of hydrogen-bond acceptors (Lipinski definition) is 3. The Morgan fingerprint density at radius 2 is 2.33 bits per heavy atom. The van der Waals surface area contributed by atoms with Crippen LogP contribution in [0.4, 0.5) is 0 Å². The number of halogens is 1. The van der Waals surface area contributed by atoms with Crippen molar-refractivity contribution < 1.29 is 5.11 Å². The summed E-state index contributed by atoms with van der Waals surface area (Å²) in [5.41, 5.74) is 1.04. The van der Waals surface area contributed by atoms with Crippen LogP contribution in [0.3, 0.4) is 0 Å². The van der Waals surface area contributed by atoms with Gasteiger partial charge in [-0.3, -0.25) is 0 Å². The summed E-state index contributed by atoms with van der Waals surface area (Å²) in [6.07, 6.45) is 3.38. The van der Waals surface area contributed by atoms with E-state index in [1.165, 1.54) is 4.88 Å². The molecule has 0 bridgehead atoms. The van der Waals surface area contributed by atoms with E-state index < -0.39 is 0 Å². The molecule has 0 saturated carbocycles. The lowest BCUT2D eigenvalue weighted by Crippen LogP contribution is -1.91. The molecule has 0 saturated heterocycles. The van der Waals surface area contributed by atoms with E-state index in [9.17, 15) is 0 Å². The maximum atomic E-state index is 8.71. The molecule has 0 aliphatic heterocycles. The normalized spacial score (nSPS) is 10.8. The van der Waals surface area contributed by atoms with Gasteiger partial charge in [-0.05, 0) is 34.5 Å². The molecule has 80 valence electrons. The van der Waals surface area contributed by atoms with E-state index in [1.54, 1.807) is 11.3 Å². The molecule has 2 aromatic rings. The quantitative estimate of drug-likeness (QED) is 0.908. The topological polar surface area (TPSA) is 48.9 Å². The fourth-order valence-corrected chi connectivity index (χ4v) is 2.67. The maximum Gasteiger partial charge on any atom is 0.106 e. The molecule has 5 heteroatoms. The van der Waals surface area contributed by atoms with E-state index in [1.807, 2.05) is 12.3 Å². The molecular weight excluding hydrogens is 276 g/mol. The third-order valence-electron chi connectivity index (χ3n) is 2.04. The number of imidazole rings is 1. The van der Waals surface area contributed by atoms with Crippen molar-refractivity contribution in [1.29, 1.82) is 0 Å². The number of aromatic amines is 1. The molecule has 3 nitrogen and oxygen atoms in total. The minimum absolute atomic E-state index is 0.209. The molecular formula is C10H11BrN2OS. The van der Waals surface area contributed by atoms with Gasteiger partial charge in [-0.2, -0.15) is 0 Å². The van der Waals surface area contributed by atoms with Gasteiger partial charge in [0, 0.05) is 13.0 Å². The van der Waals surface area contributed by atoms with Gasteiger partial charge in [0.25, 0.3) is 0 Å². The smallest absolute Gasteiger partial charge is 0.106 e. The van der Waals surface area contributed by atoms with Crippen LogP contribution in [-0.2, 0) is 6.42 Å². The second-order valence-corrected chi connectivity index (χ2v) is 5.64. The standard InChI is InChI=1S/C10H11BrN2OS/c11-9-4-3-8(15-9)7-6-12-10(13-7)2-1-5-14/h3-4,6,14H,1-2,5H2,(H,12,13). The van der Waals surface area contributed by atoms with Gasteiger partial charge < -0.3 is 10.1 Å². The summed E-state index contributed by atoms with van der Waals surface area (Å²) >= 11 is 5.10. The zero-order chi connectivity index (χ0) is 10.7. The monoisotopic (exact) mass is 286 g/mol. The Hall–Kier alpha value is -0.650. The van der Waals surface area contributed by atoms with E-state index >= 15 is 0 Å². The van der Waals surface area contributed by atoms with E-state index in [0.717, 1.165) is 28.1 Å². The second kappa shape index (κ2) is 4.92. The molecule has 2 N–H and O–H groups in total. The summed E-state index contributed by atoms with van der Waals surface area (Å²) in [6.45, 7) is 0.209. The van der Waals surface area contributed by atoms with E-state index in [2.05, 4.69) is 32.0 Å². The third-order valence-corrected chi connectivity index (χ3v) is 3.70. The zero-order valence-corrected chi connectivity index (χ0v) is 10.4. The first-order chi connectivity index (χ1) is 7.29. The number of nitrogens with zero attached hydrogens (tertiary/aromatic N) is 1. The lowest BCUT2D eigenvalue weighted by Gasteiger charge is -1.93. The zero-order valence-electron chi connectivity index (χ0n) is 8.03. The molecule has 15 heavy (non-hydrogen) atoms. The Morgan fingerprint density at radius 3 is 3.00 bits per heavy atom. The molecule has 0 aliphatic carbocycles. The third kappa shape index (κ3) is 2.68. The van der Waals surface area contributed by atoms with Crippen LogP contribution in [0.2, 0.25) is 0 Å². The number of aliphatic hydroxyl groups is 1. The first-order valence-electron chi connectivity index (χ1n) is 4.70. The van der Waals surface area contributed by atoms with Crippen LogP contribution in [0.15, 0.2) is 22.1 Å². The molecule has 0 amide bonds. The van der Waals surface area contributed by atoms with Gasteiger partial charge in [0.1, 0.15) is 5.82 Å². The Morgan fingerprint density at radius 1 is 1.47 bits per heavy atom. The number of nitrogens with one attached hydrogen (secondary N) is 1. The summed E-state index contributed by atoms with van der Waals surface area (Å²) in [7, 11) is 0. The largest absolute Gasteiger partial charge is 0.396 e. The highest BCUT2D eigenvalue weighted by Gasteiger charge is 2.05. The van der Waals surface area contributed by atoms with E-state index in [0.29, 0.717) is 0 Å². The predicted octanol–water partition coefficient (Wildman–Crippen LogP) is 2.83. The van der Waals surface area contributed by atoms with Crippen LogP contribution in [-0.4, -0.2) is 21.7 Å². The Labute approximate surface area is 100 Å². The number of aryl methyl sites for hydroxylation is 1. The summed E-state index contributed by atoms with van der Waals surface area (Å²) in [4.78, 5) is 8.68. The molecule has 0 unspecified atom stereocenters. The number of hydrogen-bond donors (Lipinski definition) is 2. The molecule has 2 rings (SSSR count). The molecule has 0 aromatic carbocycles. The van der Waals surface area contributed by atoms with Crippen LogP contribution in [0.5, 0.6) is 0 Å². The van der Waals surface area contributed by atoms with Crippen molar-refractivity contribution in [3.63, 3.8) is 0 Å². The average Bonchev–Trinajstić information content (AvgIpc) is 2.83. The summed E-state index contributed by atoms with van der Waals surface area (Å²) < 4.78 is 1.11. The minimum Gasteiger partial charge on any atom is -0.396 e. The first kappa shape index (κ1) is 10.9. The highest BCUT2D eigenvalue weighted by atomic mass is 79.9. The number of thiophene rings is 1. The van der Waals surface area contributed by atoms with Crippen LogP contribution >= 0.6 is 27.3 Å². The molecule has 0 atom stereocenters. The highest BCUT2D eigenvalue weighted by molar-refractivity contribution is 9.11. The highest BCUT2D eigenvalue weighted by Crippen LogP contribution is 2.29. The molecule has 2 heterocycles. The van der Waals surface area contributed by atoms with Crippen molar-refractivity contribution in [2.45, 2.75) is 12.8 Å². The number of aliphatic hydroxyl groups excluding tert-OH is 1. The lowest BCUT2D eigenvalue weighted by atomic mass is 10.3. The molecule has 2 aromatic heterocycles. The van der Waals surface area contributed by atoms with Crippen molar-refractivity contribution in [3.8, 4) is 10.6 Å². The van der Waals surface area contributed by atoms with Crippen molar-refractivity contribution in [2.24, 2.45) is 0 Å². The molecule has 0 radical (unpaired) electrons. The fraction of sp³-hybridized carbons (Fsp3) is 0.300. The van der Waals surface area contributed by atoms with Crippen LogP contribution in [0, 0.1) is 0 Å². The second-order valence-electron chi connectivity index (χ2n) is 3.17. The fourth-order valence-electron chi connectivity index (χ4n) is 1.32. The van der Waals surface area contributed by atoms with Crippen LogP contribution in [0.25, 0.3) is 10.6 Å². The number of rotatable bonds is 4. The lowest BCUT2D eigenvalue weighted by molar-refractivity contribution is 0.287. The first-order valence-corrected chi connectivity index (χ1v) is 6.31. The molecule has 0 spiro atoms. The average molecular weight is 287 g/mol. The SMILES string of the molecule is OCCCc1ncc(-c2ccc(Br)s2)[nH]1. The van der Waals surface area contributed by atoms with Gasteiger partial charge in [-0.15, -0.1) is 11.3 Å². The summed E-state index contributed by atoms with van der Waals surface area (Å²) in [5, 5.41) is 8.71. The summed E-state index contributed by atoms with van der Waals surface area (Å²) in [6, 6.07) is 4.08. The Bertz CT molecular complexity index is 438. The van der Waals surface area contributed by atoms with Crippen molar-refractivity contribution in [2.75, 3.05) is 6.61 Å². The van der Waals surface area contributed by atoms with Gasteiger partial charge in [-0.1, -0.05) is 0 Å². The van der Waals surface area contributed by atoms with Gasteiger partial charge >= 0.3 is 0 Å². The van der Waals surface area contributed by atoms with Gasteiger partial charge in [0.2, 0.25) is 0 Å². The van der Waals surface area contributed by atoms with Gasteiger partial charge in [0.15, 0.2) is 0 Å². The van der Waals surface area contributed by atoms with Gasteiger partial charge in [-0.25, -0.2) is 4.98 Å². The van der Waals surface area contributed by atoms with Crippen LogP contribution < -0.4 is 0 Å². The van der Waals surface area contributed by atoms with Gasteiger partial charge in [0.05, 0.1) is 20.6 Å². The maximum absolute atomic E-state index is 8.71. The minimum atomic E-state index is 0.209. The number of H-pyrrole nitrogens is 1. The van der Waals surface area contributed by atoms with E-state index in [-0.39, 0.29) is 6.61 Å². The number of aromatic nitrogens is 2. The predicted molar refractivity (Wildman–Crippen MR) is 65.0 cm³/mol. The molecule has 0 fully saturated rings. The summed E-state index contributed by atoms with van der Waals surface area (Å²) in [5.74, 6) is 0.934. The van der Waals surface area contributed by atoms with E-state index in [4.69, 9.17) is 5.11 Å².